The molecule has 2 fully saturated rings. The normalized spacial score (nSPS) is 20.1. The highest BCUT2D eigenvalue weighted by Gasteiger charge is 2.36. The molecule has 0 aromatic heterocycles. The Labute approximate surface area is 163 Å². The van der Waals surface area contributed by atoms with Crippen LogP contribution >= 0.6 is 24.8 Å². The Morgan fingerprint density at radius 3 is 2.31 bits per heavy atom. The lowest BCUT2D eigenvalue weighted by molar-refractivity contribution is -0.275. The summed E-state index contributed by atoms with van der Waals surface area (Å²) in [5, 5.41) is 13.7. The first-order valence-corrected chi connectivity index (χ1v) is 8.48. The molecule has 1 aromatic rings. The van der Waals surface area contributed by atoms with E-state index in [9.17, 15) is 18.3 Å². The van der Waals surface area contributed by atoms with Crippen molar-refractivity contribution in [3.63, 3.8) is 0 Å². The molecule has 9 heteroatoms. The number of nitrogens with zero attached hydrogens (tertiary/aromatic N) is 1. The topological polar surface area (TPSA) is 44.7 Å². The Kier molecular flexibility index (Phi) is 8.79. The van der Waals surface area contributed by atoms with Crippen molar-refractivity contribution in [3.8, 4) is 11.5 Å². The summed E-state index contributed by atoms with van der Waals surface area (Å²) in [6.45, 7) is 3.35. The number of ether oxygens (including phenoxy) is 1. The van der Waals surface area contributed by atoms with Crippen molar-refractivity contribution in [1.29, 1.82) is 0 Å². The SMILES string of the molecule is Cl.Cl.Oc1c(OC(F)(F)F)cccc1[C@@H](C1CCCC1)N1CCNCC1. The predicted octanol–water partition coefficient (Wildman–Crippen LogP) is 4.27. The number of rotatable bonds is 4. The number of benzene rings is 1. The predicted molar refractivity (Wildman–Crippen MR) is 98.4 cm³/mol. The van der Waals surface area contributed by atoms with E-state index in [1.54, 1.807) is 6.07 Å². The first-order chi connectivity index (χ1) is 11.5. The minimum Gasteiger partial charge on any atom is -0.504 e. The Morgan fingerprint density at radius 1 is 1.12 bits per heavy atom. The molecule has 150 valence electrons. The number of halogens is 5. The van der Waals surface area contributed by atoms with Crippen LogP contribution in [0.2, 0.25) is 0 Å². The van der Waals surface area contributed by atoms with Crippen LogP contribution in [-0.4, -0.2) is 42.5 Å². The molecule has 1 saturated heterocycles. The molecule has 3 rings (SSSR count). The van der Waals surface area contributed by atoms with Gasteiger partial charge in [-0.15, -0.1) is 38.0 Å². The van der Waals surface area contributed by atoms with Crippen LogP contribution in [0, 0.1) is 5.92 Å². The third-order valence-corrected chi connectivity index (χ3v) is 4.97. The zero-order chi connectivity index (χ0) is 17.2. The molecule has 1 aliphatic carbocycles. The van der Waals surface area contributed by atoms with Gasteiger partial charge in [0.1, 0.15) is 0 Å². The van der Waals surface area contributed by atoms with E-state index in [1.165, 1.54) is 6.07 Å². The lowest BCUT2D eigenvalue weighted by Gasteiger charge is -2.39. The summed E-state index contributed by atoms with van der Waals surface area (Å²) in [7, 11) is 0. The molecule has 4 nitrogen and oxygen atoms in total. The Balaban J connectivity index is 0.00000169. The van der Waals surface area contributed by atoms with Gasteiger partial charge in [0.25, 0.3) is 0 Å². The fourth-order valence-corrected chi connectivity index (χ4v) is 3.97. The van der Waals surface area contributed by atoms with Crippen LogP contribution in [-0.2, 0) is 0 Å². The van der Waals surface area contributed by atoms with Crippen molar-refractivity contribution in [2.75, 3.05) is 26.2 Å². The fourth-order valence-electron chi connectivity index (χ4n) is 3.97. The third kappa shape index (κ3) is 5.55. The summed E-state index contributed by atoms with van der Waals surface area (Å²) in [5.74, 6) is -0.543. The van der Waals surface area contributed by atoms with Gasteiger partial charge in [0, 0.05) is 37.8 Å². The monoisotopic (exact) mass is 416 g/mol. The molecule has 2 aliphatic rings. The highest BCUT2D eigenvalue weighted by Crippen LogP contribution is 2.45. The van der Waals surface area contributed by atoms with Gasteiger partial charge in [0.05, 0.1) is 0 Å². The van der Waals surface area contributed by atoms with Gasteiger partial charge in [0.15, 0.2) is 11.5 Å². The highest BCUT2D eigenvalue weighted by atomic mass is 35.5. The summed E-state index contributed by atoms with van der Waals surface area (Å²) in [6, 6.07) is 4.35. The standard InChI is InChI=1S/C17H23F3N2O2.2ClH/c18-17(19,20)24-14-7-3-6-13(16(14)23)15(12-4-1-2-5-12)22-10-8-21-9-11-22;;/h3,6-7,12,15,21,23H,1-2,4-5,8-11H2;2*1H/t15-;;/m1../s1. The molecule has 2 N–H and O–H groups in total. The minimum atomic E-state index is -4.81. The van der Waals surface area contributed by atoms with E-state index < -0.39 is 12.1 Å². The van der Waals surface area contributed by atoms with Crippen molar-refractivity contribution < 1.29 is 23.0 Å². The molecule has 26 heavy (non-hydrogen) atoms. The number of hydrogen-bond donors (Lipinski definition) is 2. The Hall–Kier alpha value is -0.890. The number of phenolic OH excluding ortho intramolecular Hbond substituents is 1. The molecule has 1 saturated carbocycles. The van der Waals surface area contributed by atoms with Gasteiger partial charge in [0.2, 0.25) is 0 Å². The van der Waals surface area contributed by atoms with Gasteiger partial charge in [-0.25, -0.2) is 0 Å². The zero-order valence-corrected chi connectivity index (χ0v) is 15.9. The van der Waals surface area contributed by atoms with Gasteiger partial charge in [-0.3, -0.25) is 4.90 Å². The Morgan fingerprint density at radius 2 is 1.73 bits per heavy atom. The van der Waals surface area contributed by atoms with E-state index in [0.29, 0.717) is 11.5 Å². The van der Waals surface area contributed by atoms with E-state index in [1.807, 2.05) is 0 Å². The molecule has 0 radical (unpaired) electrons. The third-order valence-electron chi connectivity index (χ3n) is 4.97. The number of phenols is 1. The second-order valence-corrected chi connectivity index (χ2v) is 6.52. The van der Waals surface area contributed by atoms with Crippen LogP contribution < -0.4 is 10.1 Å². The Bertz CT molecular complexity index is 563. The van der Waals surface area contributed by atoms with Gasteiger partial charge < -0.3 is 15.2 Å². The summed E-state index contributed by atoms with van der Waals surface area (Å²) in [6.07, 6.45) is -0.468. The highest BCUT2D eigenvalue weighted by molar-refractivity contribution is 5.85. The van der Waals surface area contributed by atoms with Gasteiger partial charge in [-0.1, -0.05) is 25.0 Å². The summed E-state index contributed by atoms with van der Waals surface area (Å²) in [4.78, 5) is 2.28. The first-order valence-electron chi connectivity index (χ1n) is 8.48. The fraction of sp³-hybridized carbons (Fsp3) is 0.647. The lowest BCUT2D eigenvalue weighted by Crippen LogP contribution is -2.46. The van der Waals surface area contributed by atoms with Crippen molar-refractivity contribution in [2.24, 2.45) is 5.92 Å². The molecule has 0 unspecified atom stereocenters. The van der Waals surface area contributed by atoms with E-state index >= 15 is 0 Å². The molecule has 0 bridgehead atoms. The van der Waals surface area contributed by atoms with Gasteiger partial charge in [-0.2, -0.15) is 0 Å². The molecular weight excluding hydrogens is 392 g/mol. The molecule has 1 heterocycles. The second kappa shape index (κ2) is 9.88. The smallest absolute Gasteiger partial charge is 0.504 e. The zero-order valence-electron chi connectivity index (χ0n) is 14.3. The first kappa shape index (κ1) is 23.1. The molecule has 0 spiro atoms. The molecular formula is C17H25Cl2F3N2O2. The van der Waals surface area contributed by atoms with E-state index in [2.05, 4.69) is 15.0 Å². The lowest BCUT2D eigenvalue weighted by atomic mass is 9.89. The van der Waals surface area contributed by atoms with Gasteiger partial charge in [-0.05, 0) is 24.8 Å². The maximum Gasteiger partial charge on any atom is 0.573 e. The maximum atomic E-state index is 12.6. The molecule has 1 atom stereocenters. The number of aromatic hydroxyl groups is 1. The number of para-hydroxylation sites is 1. The van der Waals surface area contributed by atoms with Crippen molar-refractivity contribution in [3.05, 3.63) is 23.8 Å². The number of hydrogen-bond acceptors (Lipinski definition) is 4. The minimum absolute atomic E-state index is 0. The summed E-state index contributed by atoms with van der Waals surface area (Å²) >= 11 is 0. The van der Waals surface area contributed by atoms with Crippen LogP contribution in [0.3, 0.4) is 0 Å². The summed E-state index contributed by atoms with van der Waals surface area (Å²) < 4.78 is 41.7. The van der Waals surface area contributed by atoms with Crippen molar-refractivity contribution >= 4 is 24.8 Å². The van der Waals surface area contributed by atoms with Crippen molar-refractivity contribution in [2.45, 2.75) is 38.1 Å². The molecule has 0 amide bonds. The van der Waals surface area contributed by atoms with Crippen LogP contribution in [0.15, 0.2) is 18.2 Å². The van der Waals surface area contributed by atoms with Crippen LogP contribution in [0.25, 0.3) is 0 Å². The quantitative estimate of drug-likeness (QED) is 0.768. The average molecular weight is 417 g/mol. The van der Waals surface area contributed by atoms with Crippen LogP contribution in [0.4, 0.5) is 13.2 Å². The summed E-state index contributed by atoms with van der Waals surface area (Å²) in [5.41, 5.74) is 0.547. The number of nitrogens with one attached hydrogen (secondary N) is 1. The van der Waals surface area contributed by atoms with Crippen LogP contribution in [0.5, 0.6) is 11.5 Å². The maximum absolute atomic E-state index is 12.6. The average Bonchev–Trinajstić information content (AvgIpc) is 3.05. The van der Waals surface area contributed by atoms with E-state index in [-0.39, 0.29) is 36.6 Å². The number of piperazine rings is 1. The van der Waals surface area contributed by atoms with Crippen LogP contribution in [0.1, 0.15) is 37.3 Å². The van der Waals surface area contributed by atoms with Crippen molar-refractivity contribution in [1.82, 2.24) is 10.2 Å². The number of alkyl halides is 3. The molecule has 1 aliphatic heterocycles. The second-order valence-electron chi connectivity index (χ2n) is 6.52. The molecule has 1 aromatic carbocycles. The largest absolute Gasteiger partial charge is 0.573 e. The van der Waals surface area contributed by atoms with E-state index in [4.69, 9.17) is 0 Å². The van der Waals surface area contributed by atoms with Gasteiger partial charge >= 0.3 is 6.36 Å². The van der Waals surface area contributed by atoms with E-state index in [0.717, 1.165) is 57.9 Å².